The van der Waals surface area contributed by atoms with E-state index in [-0.39, 0.29) is 18.4 Å². The third kappa shape index (κ3) is 3.54. The maximum atomic E-state index is 11.7. The van der Waals surface area contributed by atoms with Crippen molar-refractivity contribution in [3.63, 3.8) is 0 Å². The van der Waals surface area contributed by atoms with E-state index in [1.54, 1.807) is 31.3 Å². The van der Waals surface area contributed by atoms with E-state index in [2.05, 4.69) is 10.6 Å². The Labute approximate surface area is 105 Å². The summed E-state index contributed by atoms with van der Waals surface area (Å²) in [6.07, 6.45) is -0.677. The van der Waals surface area contributed by atoms with Gasteiger partial charge in [-0.25, -0.2) is 0 Å². The van der Waals surface area contributed by atoms with E-state index in [0.29, 0.717) is 11.3 Å². The van der Waals surface area contributed by atoms with Crippen LogP contribution in [0.25, 0.3) is 0 Å². The Kier molecular flexibility index (Phi) is 5.29. The number of hydrogen-bond donors (Lipinski definition) is 3. The molecule has 0 saturated heterocycles. The van der Waals surface area contributed by atoms with Crippen LogP contribution < -0.4 is 16.4 Å². The molecular formula is C12H17N3O3. The van der Waals surface area contributed by atoms with Crippen molar-refractivity contribution in [2.45, 2.75) is 6.10 Å². The van der Waals surface area contributed by atoms with Crippen LogP contribution in [0.5, 0.6) is 0 Å². The monoisotopic (exact) mass is 251 g/mol. The third-order valence-electron chi connectivity index (χ3n) is 2.43. The molecule has 1 rings (SSSR count). The van der Waals surface area contributed by atoms with Gasteiger partial charge >= 0.3 is 0 Å². The molecule has 6 nitrogen and oxygen atoms in total. The van der Waals surface area contributed by atoms with Gasteiger partial charge in [-0.05, 0) is 24.3 Å². The Morgan fingerprint density at radius 1 is 1.33 bits per heavy atom. The molecule has 4 N–H and O–H groups in total. The van der Waals surface area contributed by atoms with Crippen LogP contribution in [-0.4, -0.2) is 38.6 Å². The number of hydrogen-bond acceptors (Lipinski definition) is 4. The van der Waals surface area contributed by atoms with E-state index < -0.39 is 6.10 Å². The van der Waals surface area contributed by atoms with Gasteiger partial charge in [-0.2, -0.15) is 0 Å². The van der Waals surface area contributed by atoms with E-state index >= 15 is 0 Å². The standard InChI is InChI=1S/C12H17N3O3/c1-14-11(16)8-3-5-9(6-4-8)15-12(17)10(7-13)18-2/h3-6,10H,7,13H2,1-2H3,(H,14,16)(H,15,17). The number of nitrogens with one attached hydrogen (secondary N) is 2. The minimum atomic E-state index is -0.677. The van der Waals surface area contributed by atoms with Crippen molar-refractivity contribution in [3.8, 4) is 0 Å². The zero-order chi connectivity index (χ0) is 13.5. The lowest BCUT2D eigenvalue weighted by Gasteiger charge is -2.13. The first-order valence-electron chi connectivity index (χ1n) is 5.48. The van der Waals surface area contributed by atoms with Crippen molar-refractivity contribution < 1.29 is 14.3 Å². The van der Waals surface area contributed by atoms with Gasteiger partial charge in [0.05, 0.1) is 0 Å². The van der Waals surface area contributed by atoms with Crippen LogP contribution in [0.2, 0.25) is 0 Å². The molecular weight excluding hydrogens is 234 g/mol. The Balaban J connectivity index is 2.69. The summed E-state index contributed by atoms with van der Waals surface area (Å²) in [6.45, 7) is 0.110. The van der Waals surface area contributed by atoms with Crippen molar-refractivity contribution in [1.82, 2.24) is 5.32 Å². The second kappa shape index (κ2) is 6.73. The summed E-state index contributed by atoms with van der Waals surface area (Å²) in [6, 6.07) is 6.54. The van der Waals surface area contributed by atoms with Crippen LogP contribution in [-0.2, 0) is 9.53 Å². The van der Waals surface area contributed by atoms with E-state index in [9.17, 15) is 9.59 Å². The Hall–Kier alpha value is -1.92. The van der Waals surface area contributed by atoms with Crippen LogP contribution in [0.3, 0.4) is 0 Å². The maximum absolute atomic E-state index is 11.7. The lowest BCUT2D eigenvalue weighted by atomic mass is 10.2. The van der Waals surface area contributed by atoms with Gasteiger partial charge in [0.1, 0.15) is 6.10 Å². The first-order valence-corrected chi connectivity index (χ1v) is 5.48. The highest BCUT2D eigenvalue weighted by molar-refractivity contribution is 5.96. The molecule has 6 heteroatoms. The van der Waals surface area contributed by atoms with E-state index in [4.69, 9.17) is 10.5 Å². The molecule has 2 amide bonds. The summed E-state index contributed by atoms with van der Waals surface area (Å²) < 4.78 is 4.91. The molecule has 1 atom stereocenters. The molecule has 0 aliphatic heterocycles. The Morgan fingerprint density at radius 3 is 2.39 bits per heavy atom. The minimum Gasteiger partial charge on any atom is -0.370 e. The van der Waals surface area contributed by atoms with E-state index in [1.807, 2.05) is 0 Å². The van der Waals surface area contributed by atoms with Crippen LogP contribution in [0, 0.1) is 0 Å². The van der Waals surface area contributed by atoms with Crippen LogP contribution in [0.4, 0.5) is 5.69 Å². The second-order valence-electron chi connectivity index (χ2n) is 3.61. The number of methoxy groups -OCH3 is 1. The highest BCUT2D eigenvalue weighted by Crippen LogP contribution is 2.10. The zero-order valence-corrected chi connectivity index (χ0v) is 10.4. The van der Waals surface area contributed by atoms with Gasteiger partial charge in [0.2, 0.25) is 0 Å². The van der Waals surface area contributed by atoms with Crippen molar-refractivity contribution in [2.75, 3.05) is 26.0 Å². The fourth-order valence-corrected chi connectivity index (χ4v) is 1.38. The summed E-state index contributed by atoms with van der Waals surface area (Å²) in [5.41, 5.74) is 6.49. The van der Waals surface area contributed by atoms with E-state index in [1.165, 1.54) is 7.11 Å². The number of carbonyl (C=O) groups excluding carboxylic acids is 2. The maximum Gasteiger partial charge on any atom is 0.254 e. The van der Waals surface area contributed by atoms with Crippen LogP contribution >= 0.6 is 0 Å². The molecule has 0 heterocycles. The van der Waals surface area contributed by atoms with Crippen LogP contribution in [0.15, 0.2) is 24.3 Å². The van der Waals surface area contributed by atoms with Crippen molar-refractivity contribution in [3.05, 3.63) is 29.8 Å². The van der Waals surface area contributed by atoms with Gasteiger partial charge in [-0.15, -0.1) is 0 Å². The van der Waals surface area contributed by atoms with Crippen molar-refractivity contribution in [1.29, 1.82) is 0 Å². The topological polar surface area (TPSA) is 93.5 Å². The fraction of sp³-hybridized carbons (Fsp3) is 0.333. The van der Waals surface area contributed by atoms with E-state index in [0.717, 1.165) is 0 Å². The molecule has 0 fully saturated rings. The molecule has 0 aliphatic rings. The first-order chi connectivity index (χ1) is 8.62. The SMILES string of the molecule is CNC(=O)c1ccc(NC(=O)C(CN)OC)cc1. The van der Waals surface area contributed by atoms with Gasteiger partial charge in [0.25, 0.3) is 11.8 Å². The number of benzene rings is 1. The van der Waals surface area contributed by atoms with Gasteiger partial charge < -0.3 is 21.1 Å². The van der Waals surface area contributed by atoms with Crippen molar-refractivity contribution in [2.24, 2.45) is 5.73 Å². The number of ether oxygens (including phenoxy) is 1. The molecule has 18 heavy (non-hydrogen) atoms. The summed E-state index contributed by atoms with van der Waals surface area (Å²) >= 11 is 0. The zero-order valence-electron chi connectivity index (χ0n) is 10.4. The average molecular weight is 251 g/mol. The highest BCUT2D eigenvalue weighted by atomic mass is 16.5. The average Bonchev–Trinajstić information content (AvgIpc) is 2.40. The van der Waals surface area contributed by atoms with Crippen LogP contribution in [0.1, 0.15) is 10.4 Å². The van der Waals surface area contributed by atoms with Crippen molar-refractivity contribution >= 4 is 17.5 Å². The van der Waals surface area contributed by atoms with Gasteiger partial charge in [0, 0.05) is 32.0 Å². The number of nitrogens with two attached hydrogens (primary N) is 1. The molecule has 0 saturated carbocycles. The molecule has 0 aliphatic carbocycles. The molecule has 0 bridgehead atoms. The quantitative estimate of drug-likeness (QED) is 0.684. The second-order valence-corrected chi connectivity index (χ2v) is 3.61. The molecule has 0 aromatic heterocycles. The molecule has 0 spiro atoms. The molecule has 0 radical (unpaired) electrons. The molecule has 1 unspecified atom stereocenters. The summed E-state index contributed by atoms with van der Waals surface area (Å²) in [7, 11) is 2.98. The smallest absolute Gasteiger partial charge is 0.254 e. The normalized spacial score (nSPS) is 11.7. The summed E-state index contributed by atoms with van der Waals surface area (Å²) in [5, 5.41) is 5.17. The number of rotatable bonds is 5. The lowest BCUT2D eigenvalue weighted by molar-refractivity contribution is -0.125. The Bertz CT molecular complexity index is 413. The van der Waals surface area contributed by atoms with Gasteiger partial charge in [-0.1, -0.05) is 0 Å². The summed E-state index contributed by atoms with van der Waals surface area (Å²) in [4.78, 5) is 23.0. The van der Waals surface area contributed by atoms with Gasteiger partial charge in [0.15, 0.2) is 0 Å². The minimum absolute atomic E-state index is 0.110. The largest absolute Gasteiger partial charge is 0.370 e. The number of anilines is 1. The Morgan fingerprint density at radius 2 is 1.94 bits per heavy atom. The third-order valence-corrected chi connectivity index (χ3v) is 2.43. The number of amides is 2. The fourth-order valence-electron chi connectivity index (χ4n) is 1.38. The summed E-state index contributed by atoms with van der Waals surface area (Å²) in [5.74, 6) is -0.489. The molecule has 1 aromatic carbocycles. The van der Waals surface area contributed by atoms with Gasteiger partial charge in [-0.3, -0.25) is 9.59 Å². The molecule has 98 valence electrons. The number of carbonyl (C=O) groups is 2. The predicted molar refractivity (Wildman–Crippen MR) is 68.3 cm³/mol. The molecule has 1 aromatic rings. The first kappa shape index (κ1) is 14.1. The highest BCUT2D eigenvalue weighted by Gasteiger charge is 2.15. The lowest BCUT2D eigenvalue weighted by Crippen LogP contribution is -2.35. The predicted octanol–water partition coefficient (Wildman–Crippen LogP) is -0.0416.